The number of pyridine rings is 1. The summed E-state index contributed by atoms with van der Waals surface area (Å²) in [5, 5.41) is 25.1. The van der Waals surface area contributed by atoms with Gasteiger partial charge >= 0.3 is 6.01 Å². The third-order valence-electron chi connectivity index (χ3n) is 6.95. The third-order valence-corrected chi connectivity index (χ3v) is 6.95. The average Bonchev–Trinajstić information content (AvgIpc) is 3.42. The average molecular weight is 500 g/mol. The van der Waals surface area contributed by atoms with Crippen LogP contribution in [0.5, 0.6) is 5.75 Å². The van der Waals surface area contributed by atoms with Crippen molar-refractivity contribution in [3.8, 4) is 5.75 Å². The van der Waals surface area contributed by atoms with Gasteiger partial charge in [-0.1, -0.05) is 25.1 Å². The van der Waals surface area contributed by atoms with Crippen LogP contribution in [0.1, 0.15) is 63.4 Å². The molecule has 1 aliphatic heterocycles. The molecule has 2 aromatic rings. The molecule has 1 atom stereocenters. The van der Waals surface area contributed by atoms with E-state index in [1.54, 1.807) is 6.20 Å². The number of piperidine rings is 1. The van der Waals surface area contributed by atoms with E-state index in [1.807, 2.05) is 12.1 Å². The van der Waals surface area contributed by atoms with Crippen molar-refractivity contribution in [2.45, 2.75) is 57.9 Å². The number of hydrogen-bond donors (Lipinski definition) is 3. The van der Waals surface area contributed by atoms with Crippen molar-refractivity contribution in [3.63, 3.8) is 0 Å². The van der Waals surface area contributed by atoms with Gasteiger partial charge < -0.3 is 29.7 Å². The SMILES string of the molecule is CC(C)c1noc(N2CCC(COc3ccc(C4=CCC(C(=O)NC(CO)CO)CC4)nc3)CC2)n1. The Hall–Kier alpha value is -2.98. The van der Waals surface area contributed by atoms with Crippen LogP contribution in [0.4, 0.5) is 6.01 Å². The molecular weight excluding hydrogens is 462 g/mol. The summed E-state index contributed by atoms with van der Waals surface area (Å²) in [6, 6.07) is 3.93. The number of ether oxygens (including phenoxy) is 1. The number of hydrogen-bond acceptors (Lipinski definition) is 9. The second-order valence-corrected chi connectivity index (χ2v) is 9.98. The van der Waals surface area contributed by atoms with E-state index in [1.165, 1.54) is 0 Å². The van der Waals surface area contributed by atoms with E-state index in [0.29, 0.717) is 31.4 Å². The summed E-state index contributed by atoms with van der Waals surface area (Å²) in [5.74, 6) is 1.94. The second-order valence-electron chi connectivity index (χ2n) is 9.98. The molecule has 0 aromatic carbocycles. The monoisotopic (exact) mass is 499 g/mol. The summed E-state index contributed by atoms with van der Waals surface area (Å²) < 4.78 is 11.4. The highest BCUT2D eigenvalue weighted by molar-refractivity contribution is 5.80. The zero-order valence-electron chi connectivity index (χ0n) is 21.1. The summed E-state index contributed by atoms with van der Waals surface area (Å²) in [5.41, 5.74) is 2.03. The molecule has 1 amide bonds. The van der Waals surface area contributed by atoms with Gasteiger partial charge in [-0.25, -0.2) is 0 Å². The molecule has 0 spiro atoms. The van der Waals surface area contributed by atoms with E-state index in [-0.39, 0.29) is 31.0 Å². The summed E-state index contributed by atoms with van der Waals surface area (Å²) in [4.78, 5) is 23.6. The van der Waals surface area contributed by atoms with Crippen LogP contribution in [-0.2, 0) is 4.79 Å². The molecule has 196 valence electrons. The van der Waals surface area contributed by atoms with Gasteiger partial charge in [0.1, 0.15) is 5.75 Å². The van der Waals surface area contributed by atoms with E-state index < -0.39 is 6.04 Å². The van der Waals surface area contributed by atoms with Gasteiger partial charge in [-0.2, -0.15) is 4.98 Å². The van der Waals surface area contributed by atoms with Crippen LogP contribution in [0, 0.1) is 11.8 Å². The van der Waals surface area contributed by atoms with E-state index in [9.17, 15) is 4.79 Å². The van der Waals surface area contributed by atoms with Crippen LogP contribution in [0.2, 0.25) is 0 Å². The predicted molar refractivity (Wildman–Crippen MR) is 134 cm³/mol. The molecule has 0 bridgehead atoms. The maximum absolute atomic E-state index is 12.3. The number of aromatic nitrogens is 3. The maximum atomic E-state index is 12.3. The fraction of sp³-hybridized carbons (Fsp3) is 0.615. The Kier molecular flexibility index (Phi) is 8.93. The molecule has 1 fully saturated rings. The molecular formula is C26H37N5O5. The first-order valence-electron chi connectivity index (χ1n) is 12.9. The van der Waals surface area contributed by atoms with Gasteiger partial charge in [0.25, 0.3) is 0 Å². The van der Waals surface area contributed by atoms with E-state index in [2.05, 4.69) is 45.3 Å². The Labute approximate surface area is 211 Å². The quantitative estimate of drug-likeness (QED) is 0.451. The lowest BCUT2D eigenvalue weighted by Crippen LogP contribution is -2.43. The van der Waals surface area contributed by atoms with Crippen molar-refractivity contribution in [1.82, 2.24) is 20.4 Å². The molecule has 36 heavy (non-hydrogen) atoms. The molecule has 4 rings (SSSR count). The lowest BCUT2D eigenvalue weighted by Gasteiger charge is -2.30. The number of allylic oxidation sites excluding steroid dienone is 2. The van der Waals surface area contributed by atoms with Crippen molar-refractivity contribution in [2.24, 2.45) is 11.8 Å². The Balaban J connectivity index is 1.21. The van der Waals surface area contributed by atoms with Gasteiger partial charge in [0, 0.05) is 24.9 Å². The first-order valence-corrected chi connectivity index (χ1v) is 12.9. The largest absolute Gasteiger partial charge is 0.492 e. The number of nitrogens with one attached hydrogen (secondary N) is 1. The first-order chi connectivity index (χ1) is 17.5. The molecule has 3 heterocycles. The highest BCUT2D eigenvalue weighted by Crippen LogP contribution is 2.30. The lowest BCUT2D eigenvalue weighted by molar-refractivity contribution is -0.126. The highest BCUT2D eigenvalue weighted by Gasteiger charge is 2.25. The topological polar surface area (TPSA) is 134 Å². The predicted octanol–water partition coefficient (Wildman–Crippen LogP) is 2.54. The molecule has 2 aliphatic rings. The molecule has 0 radical (unpaired) electrons. The molecule has 10 heteroatoms. The number of aliphatic hydroxyl groups excluding tert-OH is 2. The minimum atomic E-state index is -0.604. The summed E-state index contributed by atoms with van der Waals surface area (Å²) in [6.45, 7) is 5.96. The minimum absolute atomic E-state index is 0.127. The fourth-order valence-electron chi connectivity index (χ4n) is 4.52. The number of nitrogens with zero attached hydrogens (tertiary/aromatic N) is 4. The van der Waals surface area contributed by atoms with Gasteiger partial charge in [0.05, 0.1) is 37.8 Å². The van der Waals surface area contributed by atoms with Crippen molar-refractivity contribution < 1.29 is 24.3 Å². The molecule has 1 aliphatic carbocycles. The van der Waals surface area contributed by atoms with Crippen LogP contribution in [0.3, 0.4) is 0 Å². The first kappa shape index (κ1) is 26.1. The Bertz CT molecular complexity index is 1010. The zero-order valence-corrected chi connectivity index (χ0v) is 21.1. The van der Waals surface area contributed by atoms with Crippen molar-refractivity contribution in [1.29, 1.82) is 0 Å². The van der Waals surface area contributed by atoms with Crippen LogP contribution in [-0.4, -0.2) is 70.2 Å². The van der Waals surface area contributed by atoms with Gasteiger partial charge in [-0.15, -0.1) is 0 Å². The van der Waals surface area contributed by atoms with Gasteiger partial charge in [-0.3, -0.25) is 9.78 Å². The standard InChI is InChI=1S/C26H37N5O5/c1-17(2)24-29-26(36-30-24)31-11-9-18(10-12-31)16-35-22-7-8-23(27-13-22)19-3-5-20(6-4-19)25(34)28-21(14-32)15-33/h3,7-8,13,17-18,20-21,32-33H,4-6,9-12,14-16H2,1-2H3,(H,28,34). The van der Waals surface area contributed by atoms with Crippen LogP contribution < -0.4 is 15.0 Å². The molecule has 10 nitrogen and oxygen atoms in total. The van der Waals surface area contributed by atoms with Crippen molar-refractivity contribution >= 4 is 17.5 Å². The highest BCUT2D eigenvalue weighted by atomic mass is 16.5. The summed E-state index contributed by atoms with van der Waals surface area (Å²) >= 11 is 0. The molecule has 1 unspecified atom stereocenters. The van der Waals surface area contributed by atoms with Crippen molar-refractivity contribution in [3.05, 3.63) is 35.9 Å². The minimum Gasteiger partial charge on any atom is -0.492 e. The van der Waals surface area contributed by atoms with E-state index in [4.69, 9.17) is 19.5 Å². The number of rotatable bonds is 10. The van der Waals surface area contributed by atoms with E-state index in [0.717, 1.165) is 55.2 Å². The maximum Gasteiger partial charge on any atom is 0.324 e. The number of carbonyl (C=O) groups excluding carboxylic acids is 1. The molecule has 1 saturated heterocycles. The van der Waals surface area contributed by atoms with Crippen LogP contribution in [0.25, 0.3) is 5.57 Å². The Morgan fingerprint density at radius 2 is 2.00 bits per heavy atom. The summed E-state index contributed by atoms with van der Waals surface area (Å²) in [7, 11) is 0. The van der Waals surface area contributed by atoms with E-state index >= 15 is 0 Å². The summed E-state index contributed by atoms with van der Waals surface area (Å²) in [6.07, 6.45) is 7.92. The van der Waals surface area contributed by atoms with Crippen LogP contribution in [0.15, 0.2) is 28.9 Å². The number of carbonyl (C=O) groups is 1. The fourth-order valence-corrected chi connectivity index (χ4v) is 4.52. The van der Waals surface area contributed by atoms with Crippen LogP contribution >= 0.6 is 0 Å². The van der Waals surface area contributed by atoms with Gasteiger partial charge in [0.2, 0.25) is 5.91 Å². The molecule has 3 N–H and O–H groups in total. The molecule has 0 saturated carbocycles. The van der Waals surface area contributed by atoms with Gasteiger partial charge in [0.15, 0.2) is 5.82 Å². The van der Waals surface area contributed by atoms with Crippen molar-refractivity contribution in [2.75, 3.05) is 37.8 Å². The smallest absolute Gasteiger partial charge is 0.324 e. The third kappa shape index (κ3) is 6.61. The lowest BCUT2D eigenvalue weighted by atomic mass is 9.87. The zero-order chi connectivity index (χ0) is 25.5. The number of anilines is 1. The number of aliphatic hydroxyl groups is 2. The molecule has 2 aromatic heterocycles. The normalized spacial score (nSPS) is 19.0. The Morgan fingerprint density at radius 3 is 2.58 bits per heavy atom. The number of amides is 1. The second kappa shape index (κ2) is 12.3. The Morgan fingerprint density at radius 1 is 1.22 bits per heavy atom. The van der Waals surface area contributed by atoms with Gasteiger partial charge in [-0.05, 0) is 55.7 Å².